The molecule has 0 aromatic carbocycles. The van der Waals surface area contributed by atoms with E-state index in [0.717, 1.165) is 11.2 Å². The first kappa shape index (κ1) is 12.4. The number of rotatable bonds is 5. The molecule has 2 N–H and O–H groups in total. The summed E-state index contributed by atoms with van der Waals surface area (Å²) in [5.74, 6) is 2.19. The molecule has 1 aliphatic heterocycles. The van der Waals surface area contributed by atoms with Gasteiger partial charge < -0.3 is 5.73 Å². The van der Waals surface area contributed by atoms with Gasteiger partial charge in [0.05, 0.1) is 0 Å². The minimum absolute atomic E-state index is 0.449. The van der Waals surface area contributed by atoms with Gasteiger partial charge in [-0.1, -0.05) is 33.1 Å². The maximum Gasteiger partial charge on any atom is 0.0199 e. The SMILES string of the molecule is CCC(CC)CC(N)C1CCCCS1. The molecule has 0 aromatic rings. The summed E-state index contributed by atoms with van der Waals surface area (Å²) in [5, 5.41) is 0.754. The standard InChI is InChI=1S/C12H25NS/c1-3-10(4-2)9-11(13)12-7-5-6-8-14-12/h10-12H,3-9,13H2,1-2H3. The lowest BCUT2D eigenvalue weighted by Gasteiger charge is -2.29. The largest absolute Gasteiger partial charge is 0.327 e. The molecule has 0 saturated carbocycles. The Kier molecular flexibility index (Phi) is 5.95. The Morgan fingerprint density at radius 3 is 2.50 bits per heavy atom. The van der Waals surface area contributed by atoms with Crippen molar-refractivity contribution in [1.29, 1.82) is 0 Å². The Labute approximate surface area is 93.2 Å². The highest BCUT2D eigenvalue weighted by Crippen LogP contribution is 2.29. The molecular formula is C12H25NS. The van der Waals surface area contributed by atoms with Crippen LogP contribution in [0.15, 0.2) is 0 Å². The van der Waals surface area contributed by atoms with E-state index in [2.05, 4.69) is 25.6 Å². The van der Waals surface area contributed by atoms with Gasteiger partial charge in [0.25, 0.3) is 0 Å². The van der Waals surface area contributed by atoms with E-state index in [1.165, 1.54) is 44.3 Å². The molecule has 1 rings (SSSR count). The highest BCUT2D eigenvalue weighted by molar-refractivity contribution is 8.00. The molecule has 84 valence electrons. The van der Waals surface area contributed by atoms with Crippen molar-refractivity contribution in [2.24, 2.45) is 11.7 Å². The van der Waals surface area contributed by atoms with E-state index in [1.54, 1.807) is 0 Å². The summed E-state index contributed by atoms with van der Waals surface area (Å²) >= 11 is 2.11. The summed E-state index contributed by atoms with van der Waals surface area (Å²) in [7, 11) is 0. The molecule has 0 spiro atoms. The Morgan fingerprint density at radius 2 is 2.00 bits per heavy atom. The molecule has 1 aliphatic rings. The van der Waals surface area contributed by atoms with Gasteiger partial charge in [-0.05, 0) is 30.9 Å². The lowest BCUT2D eigenvalue weighted by molar-refractivity contribution is 0.393. The zero-order valence-electron chi connectivity index (χ0n) is 9.67. The Bertz CT molecular complexity index is 139. The summed E-state index contributed by atoms with van der Waals surface area (Å²) in [6.45, 7) is 4.57. The van der Waals surface area contributed by atoms with Gasteiger partial charge in [-0.25, -0.2) is 0 Å². The average molecular weight is 215 g/mol. The third kappa shape index (κ3) is 3.82. The van der Waals surface area contributed by atoms with Crippen LogP contribution in [0.4, 0.5) is 0 Å². The van der Waals surface area contributed by atoms with Crippen LogP contribution in [0.5, 0.6) is 0 Å². The van der Waals surface area contributed by atoms with E-state index in [4.69, 9.17) is 5.73 Å². The van der Waals surface area contributed by atoms with Crippen LogP contribution in [0.3, 0.4) is 0 Å². The van der Waals surface area contributed by atoms with Gasteiger partial charge in [0.1, 0.15) is 0 Å². The second-order valence-electron chi connectivity index (χ2n) is 4.49. The number of hydrogen-bond donors (Lipinski definition) is 1. The minimum atomic E-state index is 0.449. The molecule has 2 atom stereocenters. The van der Waals surface area contributed by atoms with Crippen LogP contribution in [0.25, 0.3) is 0 Å². The van der Waals surface area contributed by atoms with Gasteiger partial charge in [-0.15, -0.1) is 0 Å². The van der Waals surface area contributed by atoms with Crippen molar-refractivity contribution in [3.8, 4) is 0 Å². The molecule has 0 aliphatic carbocycles. The molecule has 0 aromatic heterocycles. The van der Waals surface area contributed by atoms with Gasteiger partial charge in [0.15, 0.2) is 0 Å². The summed E-state index contributed by atoms with van der Waals surface area (Å²) in [6.07, 6.45) is 7.98. The van der Waals surface area contributed by atoms with E-state index in [-0.39, 0.29) is 0 Å². The third-order valence-electron chi connectivity index (χ3n) is 3.45. The van der Waals surface area contributed by atoms with Crippen LogP contribution in [0, 0.1) is 5.92 Å². The predicted octanol–water partition coefficient (Wildman–Crippen LogP) is 3.43. The molecule has 2 heteroatoms. The van der Waals surface area contributed by atoms with Crippen LogP contribution in [-0.4, -0.2) is 17.0 Å². The van der Waals surface area contributed by atoms with Gasteiger partial charge >= 0.3 is 0 Å². The van der Waals surface area contributed by atoms with Crippen molar-refractivity contribution in [2.45, 2.75) is 63.7 Å². The lowest BCUT2D eigenvalue weighted by atomic mass is 9.92. The maximum absolute atomic E-state index is 6.28. The van der Waals surface area contributed by atoms with E-state index < -0.39 is 0 Å². The van der Waals surface area contributed by atoms with Crippen molar-refractivity contribution in [3.05, 3.63) is 0 Å². The molecule has 1 nitrogen and oxygen atoms in total. The Balaban J connectivity index is 2.27. The van der Waals surface area contributed by atoms with Crippen LogP contribution in [-0.2, 0) is 0 Å². The summed E-state index contributed by atoms with van der Waals surface area (Å²) < 4.78 is 0. The summed E-state index contributed by atoms with van der Waals surface area (Å²) in [5.41, 5.74) is 6.28. The zero-order chi connectivity index (χ0) is 10.4. The smallest absolute Gasteiger partial charge is 0.0199 e. The molecule has 1 fully saturated rings. The normalized spacial score (nSPS) is 25.3. The number of nitrogens with two attached hydrogens (primary N) is 1. The molecular weight excluding hydrogens is 190 g/mol. The number of thioether (sulfide) groups is 1. The van der Waals surface area contributed by atoms with E-state index in [1.807, 2.05) is 0 Å². The minimum Gasteiger partial charge on any atom is -0.327 e. The van der Waals surface area contributed by atoms with Crippen LogP contribution >= 0.6 is 11.8 Å². The van der Waals surface area contributed by atoms with Crippen molar-refractivity contribution in [1.82, 2.24) is 0 Å². The molecule has 0 bridgehead atoms. The lowest BCUT2D eigenvalue weighted by Crippen LogP contribution is -2.35. The fraction of sp³-hybridized carbons (Fsp3) is 1.00. The van der Waals surface area contributed by atoms with E-state index >= 15 is 0 Å². The van der Waals surface area contributed by atoms with Crippen molar-refractivity contribution in [3.63, 3.8) is 0 Å². The first-order chi connectivity index (χ1) is 6.77. The van der Waals surface area contributed by atoms with Crippen molar-refractivity contribution >= 4 is 11.8 Å². The van der Waals surface area contributed by atoms with Gasteiger partial charge in [0, 0.05) is 11.3 Å². The van der Waals surface area contributed by atoms with E-state index in [0.29, 0.717) is 6.04 Å². The van der Waals surface area contributed by atoms with Crippen molar-refractivity contribution < 1.29 is 0 Å². The van der Waals surface area contributed by atoms with Crippen LogP contribution < -0.4 is 5.73 Å². The first-order valence-electron chi connectivity index (χ1n) is 6.15. The van der Waals surface area contributed by atoms with Gasteiger partial charge in [-0.2, -0.15) is 11.8 Å². The quantitative estimate of drug-likeness (QED) is 0.760. The molecule has 1 saturated heterocycles. The Hall–Kier alpha value is 0.310. The topological polar surface area (TPSA) is 26.0 Å². The van der Waals surface area contributed by atoms with E-state index in [9.17, 15) is 0 Å². The highest BCUT2D eigenvalue weighted by Gasteiger charge is 2.22. The van der Waals surface area contributed by atoms with Crippen molar-refractivity contribution in [2.75, 3.05) is 5.75 Å². The molecule has 1 heterocycles. The predicted molar refractivity (Wildman–Crippen MR) is 66.8 cm³/mol. The zero-order valence-corrected chi connectivity index (χ0v) is 10.5. The second-order valence-corrected chi connectivity index (χ2v) is 5.83. The summed E-state index contributed by atoms with van der Waals surface area (Å²) in [4.78, 5) is 0. The monoisotopic (exact) mass is 215 g/mol. The summed E-state index contributed by atoms with van der Waals surface area (Å²) in [6, 6.07) is 0.449. The third-order valence-corrected chi connectivity index (χ3v) is 4.99. The average Bonchev–Trinajstić information content (AvgIpc) is 2.26. The maximum atomic E-state index is 6.28. The Morgan fingerprint density at radius 1 is 1.29 bits per heavy atom. The molecule has 0 radical (unpaired) electrons. The van der Waals surface area contributed by atoms with Crippen LogP contribution in [0.1, 0.15) is 52.4 Å². The van der Waals surface area contributed by atoms with Gasteiger partial charge in [-0.3, -0.25) is 0 Å². The molecule has 0 amide bonds. The second kappa shape index (κ2) is 6.73. The van der Waals surface area contributed by atoms with Crippen LogP contribution in [0.2, 0.25) is 0 Å². The first-order valence-corrected chi connectivity index (χ1v) is 7.20. The molecule has 2 unspecified atom stereocenters. The molecule has 14 heavy (non-hydrogen) atoms. The number of hydrogen-bond acceptors (Lipinski definition) is 2. The highest BCUT2D eigenvalue weighted by atomic mass is 32.2. The fourth-order valence-corrected chi connectivity index (χ4v) is 3.63. The fourth-order valence-electron chi connectivity index (χ4n) is 2.26. The van der Waals surface area contributed by atoms with Gasteiger partial charge in [0.2, 0.25) is 0 Å².